The Kier molecular flexibility index (Phi) is 7.92. The van der Waals surface area contributed by atoms with Crippen LogP contribution in [0.25, 0.3) is 0 Å². The second-order valence-corrected chi connectivity index (χ2v) is 15.1. The number of carbonyl (C=O) groups is 1. The molecule has 19 heavy (non-hydrogen) atoms. The number of amides is 1. The molecule has 0 aromatic heterocycles. The Morgan fingerprint density at radius 1 is 1.16 bits per heavy atom. The molecule has 0 radical (unpaired) electrons. The Morgan fingerprint density at radius 2 is 1.74 bits per heavy atom. The van der Waals surface area contributed by atoms with E-state index in [1.165, 1.54) is 0 Å². The van der Waals surface area contributed by atoms with Crippen LogP contribution < -0.4 is 5.32 Å². The molecular formula is C13H31NO3Si2. The van der Waals surface area contributed by atoms with E-state index < -0.39 is 16.6 Å². The molecule has 0 aliphatic rings. The minimum absolute atomic E-state index is 0.273. The fourth-order valence-corrected chi connectivity index (χ4v) is 5.63. The molecule has 0 saturated carbocycles. The molecule has 6 heteroatoms. The molecule has 0 bridgehead atoms. The van der Waals surface area contributed by atoms with Crippen molar-refractivity contribution in [2.45, 2.75) is 65.0 Å². The SMILES string of the molecule is CCO[Si](C)(C)C(CC)CCNC(=O)O[Si](C)(C)C. The first kappa shape index (κ1) is 18.7. The lowest BCUT2D eigenvalue weighted by Crippen LogP contribution is -2.40. The standard InChI is InChI=1S/C13H31NO3Si2/c1-8-12(19(6,7)16-9-2)10-11-14-13(15)17-18(3,4)5/h12H,8-11H2,1-7H3,(H,14,15). The van der Waals surface area contributed by atoms with E-state index in [-0.39, 0.29) is 6.09 Å². The summed E-state index contributed by atoms with van der Waals surface area (Å²) in [5, 5.41) is 2.86. The first-order valence-electron chi connectivity index (χ1n) is 7.23. The van der Waals surface area contributed by atoms with E-state index in [9.17, 15) is 4.79 Å². The molecule has 0 aromatic carbocycles. The maximum atomic E-state index is 11.6. The summed E-state index contributed by atoms with van der Waals surface area (Å²) >= 11 is 0. The normalized spacial score (nSPS) is 14.1. The van der Waals surface area contributed by atoms with Gasteiger partial charge < -0.3 is 14.2 Å². The summed E-state index contributed by atoms with van der Waals surface area (Å²) in [6, 6.07) is 0. The number of rotatable bonds is 8. The molecule has 0 aromatic rings. The first-order chi connectivity index (χ1) is 8.62. The van der Waals surface area contributed by atoms with Gasteiger partial charge in [0.15, 0.2) is 8.32 Å². The van der Waals surface area contributed by atoms with Crippen LogP contribution in [0.15, 0.2) is 0 Å². The first-order valence-corrected chi connectivity index (χ1v) is 13.6. The van der Waals surface area contributed by atoms with Crippen molar-refractivity contribution in [1.29, 1.82) is 0 Å². The van der Waals surface area contributed by atoms with E-state index in [0.29, 0.717) is 12.1 Å². The zero-order valence-corrected chi connectivity index (χ0v) is 15.6. The lowest BCUT2D eigenvalue weighted by Gasteiger charge is -2.31. The molecular weight excluding hydrogens is 274 g/mol. The summed E-state index contributed by atoms with van der Waals surface area (Å²) < 4.78 is 11.3. The topological polar surface area (TPSA) is 47.6 Å². The minimum Gasteiger partial charge on any atom is -0.504 e. The third-order valence-electron chi connectivity index (χ3n) is 3.15. The molecule has 0 heterocycles. The van der Waals surface area contributed by atoms with Crippen LogP contribution in [-0.4, -0.2) is 35.9 Å². The van der Waals surface area contributed by atoms with Crippen LogP contribution in [0.2, 0.25) is 38.3 Å². The van der Waals surface area contributed by atoms with Crippen molar-refractivity contribution in [2.24, 2.45) is 0 Å². The summed E-state index contributed by atoms with van der Waals surface area (Å²) in [7, 11) is -3.42. The lowest BCUT2D eigenvalue weighted by atomic mass is 10.2. The second kappa shape index (κ2) is 8.06. The minimum atomic E-state index is -1.78. The van der Waals surface area contributed by atoms with Gasteiger partial charge in [0.1, 0.15) is 0 Å². The van der Waals surface area contributed by atoms with Gasteiger partial charge in [-0.25, -0.2) is 4.79 Å². The maximum absolute atomic E-state index is 11.6. The van der Waals surface area contributed by atoms with Gasteiger partial charge in [0, 0.05) is 13.2 Å². The zero-order valence-electron chi connectivity index (χ0n) is 13.6. The summed E-state index contributed by atoms with van der Waals surface area (Å²) in [4.78, 5) is 11.6. The molecule has 1 N–H and O–H groups in total. The summed E-state index contributed by atoms with van der Waals surface area (Å²) in [6.07, 6.45) is 1.80. The van der Waals surface area contributed by atoms with Gasteiger partial charge in [-0.3, -0.25) is 0 Å². The number of carbonyl (C=O) groups excluding carboxylic acids is 1. The van der Waals surface area contributed by atoms with Gasteiger partial charge in [0.05, 0.1) is 0 Å². The van der Waals surface area contributed by atoms with Crippen molar-refractivity contribution in [1.82, 2.24) is 5.32 Å². The molecule has 1 amide bonds. The van der Waals surface area contributed by atoms with Crippen LogP contribution in [0.5, 0.6) is 0 Å². The van der Waals surface area contributed by atoms with E-state index in [0.717, 1.165) is 19.4 Å². The van der Waals surface area contributed by atoms with E-state index in [4.69, 9.17) is 8.85 Å². The summed E-state index contributed by atoms with van der Waals surface area (Å²) in [5.74, 6) is 0. The number of hydrogen-bond acceptors (Lipinski definition) is 3. The van der Waals surface area contributed by atoms with Crippen molar-refractivity contribution in [3.8, 4) is 0 Å². The largest absolute Gasteiger partial charge is 0.504 e. The predicted molar refractivity (Wildman–Crippen MR) is 85.6 cm³/mol. The maximum Gasteiger partial charge on any atom is 0.393 e. The Hall–Kier alpha value is -0.336. The van der Waals surface area contributed by atoms with Crippen molar-refractivity contribution < 1.29 is 13.6 Å². The summed E-state index contributed by atoms with van der Waals surface area (Å²) in [6.45, 7) is 16.2. The smallest absolute Gasteiger partial charge is 0.393 e. The molecule has 0 spiro atoms. The van der Waals surface area contributed by atoms with Gasteiger partial charge in [-0.1, -0.05) is 13.3 Å². The van der Waals surface area contributed by atoms with Gasteiger partial charge >= 0.3 is 6.09 Å². The van der Waals surface area contributed by atoms with Gasteiger partial charge in [-0.15, -0.1) is 0 Å². The van der Waals surface area contributed by atoms with Crippen LogP contribution in [-0.2, 0) is 8.85 Å². The average molecular weight is 306 g/mol. The average Bonchev–Trinajstić information content (AvgIpc) is 2.21. The van der Waals surface area contributed by atoms with E-state index in [1.54, 1.807) is 0 Å². The van der Waals surface area contributed by atoms with Gasteiger partial charge in [-0.2, -0.15) is 0 Å². The number of hydrogen-bond donors (Lipinski definition) is 1. The van der Waals surface area contributed by atoms with E-state index in [1.807, 2.05) is 26.6 Å². The molecule has 1 unspecified atom stereocenters. The highest BCUT2D eigenvalue weighted by molar-refractivity contribution is 6.72. The Balaban J connectivity index is 4.13. The molecule has 0 aliphatic carbocycles. The quantitative estimate of drug-likeness (QED) is 0.690. The van der Waals surface area contributed by atoms with Crippen LogP contribution in [0.4, 0.5) is 4.79 Å². The molecule has 0 aliphatic heterocycles. The van der Waals surface area contributed by atoms with Crippen molar-refractivity contribution >= 4 is 22.7 Å². The van der Waals surface area contributed by atoms with Crippen LogP contribution in [0, 0.1) is 0 Å². The highest BCUT2D eigenvalue weighted by atomic mass is 28.4. The highest BCUT2D eigenvalue weighted by Crippen LogP contribution is 2.29. The third kappa shape index (κ3) is 8.44. The van der Waals surface area contributed by atoms with Crippen LogP contribution in [0.1, 0.15) is 26.7 Å². The summed E-state index contributed by atoms with van der Waals surface area (Å²) in [5.41, 5.74) is 0.569. The molecule has 0 fully saturated rings. The Morgan fingerprint density at radius 3 is 2.16 bits per heavy atom. The fourth-order valence-electron chi connectivity index (χ4n) is 2.20. The predicted octanol–water partition coefficient (Wildman–Crippen LogP) is 3.96. The third-order valence-corrected chi connectivity index (χ3v) is 7.65. The highest BCUT2D eigenvalue weighted by Gasteiger charge is 2.31. The second-order valence-electron chi connectivity index (χ2n) is 6.36. The lowest BCUT2D eigenvalue weighted by molar-refractivity contribution is 0.198. The Labute approximate surface area is 120 Å². The molecule has 0 rings (SSSR count). The van der Waals surface area contributed by atoms with Gasteiger partial charge in [0.25, 0.3) is 0 Å². The van der Waals surface area contributed by atoms with Gasteiger partial charge in [0.2, 0.25) is 8.32 Å². The molecule has 0 saturated heterocycles. The zero-order chi connectivity index (χ0) is 15.1. The van der Waals surface area contributed by atoms with Crippen molar-refractivity contribution in [2.75, 3.05) is 13.2 Å². The molecule has 114 valence electrons. The fraction of sp³-hybridized carbons (Fsp3) is 0.923. The molecule has 4 nitrogen and oxygen atoms in total. The van der Waals surface area contributed by atoms with E-state index >= 15 is 0 Å². The van der Waals surface area contributed by atoms with Crippen LogP contribution >= 0.6 is 0 Å². The Bertz CT molecular complexity index is 278. The van der Waals surface area contributed by atoms with Crippen molar-refractivity contribution in [3.05, 3.63) is 0 Å². The number of nitrogens with one attached hydrogen (secondary N) is 1. The van der Waals surface area contributed by atoms with E-state index in [2.05, 4.69) is 25.3 Å². The molecule has 1 atom stereocenters. The monoisotopic (exact) mass is 305 g/mol. The van der Waals surface area contributed by atoms with Crippen LogP contribution in [0.3, 0.4) is 0 Å². The van der Waals surface area contributed by atoms with Gasteiger partial charge in [-0.05, 0) is 51.6 Å². The van der Waals surface area contributed by atoms with Crippen molar-refractivity contribution in [3.63, 3.8) is 0 Å².